The first kappa shape index (κ1) is 18.1. The van der Waals surface area contributed by atoms with Crippen LogP contribution < -0.4 is 0 Å². The molecule has 1 heterocycles. The van der Waals surface area contributed by atoms with Gasteiger partial charge in [-0.1, -0.05) is 106 Å². The Kier molecular flexibility index (Phi) is 3.29. The fourth-order valence-corrected chi connectivity index (χ4v) is 9.17. The van der Waals surface area contributed by atoms with Gasteiger partial charge in [0.25, 0.3) is 0 Å². The molecule has 2 aliphatic carbocycles. The largest absolute Gasteiger partial charge is 0.129 e. The molecule has 0 nitrogen and oxygen atoms in total. The Bertz CT molecular complexity index is 1350. The number of rotatable bonds is 0. The van der Waals surface area contributed by atoms with Gasteiger partial charge in [0, 0.05) is 5.41 Å². The van der Waals surface area contributed by atoms with Gasteiger partial charge in [0.05, 0.1) is 9.49 Å². The van der Waals surface area contributed by atoms with Crippen molar-refractivity contribution in [2.45, 2.75) is 42.1 Å². The number of hydrogen-bond acceptors (Lipinski definition) is 1. The molecule has 0 radical (unpaired) electrons. The van der Waals surface area contributed by atoms with Crippen LogP contribution >= 0.6 is 11.8 Å². The lowest BCUT2D eigenvalue weighted by atomic mass is 9.61. The van der Waals surface area contributed by atoms with E-state index in [0.717, 1.165) is 0 Å². The van der Waals surface area contributed by atoms with Crippen LogP contribution in [0.25, 0.3) is 10.8 Å². The highest BCUT2D eigenvalue weighted by atomic mass is 32.2. The third-order valence-electron chi connectivity index (χ3n) is 8.36. The maximum absolute atomic E-state index is 2.49. The smallest absolute Gasteiger partial charge is 0.0863 e. The Balaban J connectivity index is 1.61. The molecule has 0 saturated carbocycles. The second-order valence-electron chi connectivity index (χ2n) is 10.2. The van der Waals surface area contributed by atoms with Crippen molar-refractivity contribution in [3.63, 3.8) is 0 Å². The maximum atomic E-state index is 2.49. The summed E-state index contributed by atoms with van der Waals surface area (Å²) in [6.07, 6.45) is 1.17. The summed E-state index contributed by atoms with van der Waals surface area (Å²) in [7, 11) is 0. The van der Waals surface area contributed by atoms with E-state index in [1.54, 1.807) is 11.1 Å². The van der Waals surface area contributed by atoms with Gasteiger partial charge in [0.2, 0.25) is 0 Å². The summed E-state index contributed by atoms with van der Waals surface area (Å²) in [4.78, 5) is 0. The van der Waals surface area contributed by atoms with Crippen LogP contribution in [0.4, 0.5) is 0 Å². The minimum atomic E-state index is 0.00446. The molecule has 7 rings (SSSR count). The minimum absolute atomic E-state index is 0.00446. The van der Waals surface area contributed by atoms with Crippen LogP contribution in [0.2, 0.25) is 0 Å². The predicted molar refractivity (Wildman–Crippen MR) is 132 cm³/mol. The van der Waals surface area contributed by atoms with E-state index in [1.807, 2.05) is 0 Å². The summed E-state index contributed by atoms with van der Waals surface area (Å²) in [5, 5.41) is 2.82. The molecule has 2 atom stereocenters. The third-order valence-corrected chi connectivity index (χ3v) is 10.5. The van der Waals surface area contributed by atoms with Gasteiger partial charge in [-0.2, -0.15) is 0 Å². The number of thioether (sulfide) groups is 1. The van der Waals surface area contributed by atoms with Crippen molar-refractivity contribution in [1.82, 2.24) is 0 Å². The summed E-state index contributed by atoms with van der Waals surface area (Å²) in [5.41, 5.74) is 9.25. The predicted octanol–water partition coefficient (Wildman–Crippen LogP) is 7.56. The van der Waals surface area contributed by atoms with Crippen molar-refractivity contribution < 1.29 is 0 Å². The van der Waals surface area contributed by atoms with Crippen molar-refractivity contribution in [2.75, 3.05) is 0 Å². The van der Waals surface area contributed by atoms with Gasteiger partial charge < -0.3 is 0 Å². The molecule has 152 valence electrons. The van der Waals surface area contributed by atoms with Crippen LogP contribution in [0.3, 0.4) is 0 Å². The van der Waals surface area contributed by atoms with Crippen LogP contribution in [0.5, 0.6) is 0 Å². The zero-order valence-electron chi connectivity index (χ0n) is 18.3. The Morgan fingerprint density at radius 2 is 1.29 bits per heavy atom. The Hall–Kier alpha value is -2.51. The summed E-state index contributed by atoms with van der Waals surface area (Å²) in [5.74, 6) is 0.598. The number of fused-ring (bicyclic) bond motifs is 9. The molecule has 0 aromatic heterocycles. The van der Waals surface area contributed by atoms with E-state index in [2.05, 4.69) is 117 Å². The molecular formula is C30H26S. The van der Waals surface area contributed by atoms with Crippen LogP contribution in [0, 0.1) is 5.92 Å². The minimum Gasteiger partial charge on any atom is -0.129 e. The highest BCUT2D eigenvalue weighted by Crippen LogP contribution is 2.85. The monoisotopic (exact) mass is 418 g/mol. The van der Waals surface area contributed by atoms with Gasteiger partial charge in [0.1, 0.15) is 0 Å². The van der Waals surface area contributed by atoms with Crippen LogP contribution in [0.1, 0.15) is 54.2 Å². The molecule has 31 heavy (non-hydrogen) atoms. The highest BCUT2D eigenvalue weighted by Gasteiger charge is 2.77. The molecule has 4 aromatic carbocycles. The molecule has 1 aliphatic heterocycles. The van der Waals surface area contributed by atoms with Crippen LogP contribution in [-0.4, -0.2) is 0 Å². The summed E-state index contributed by atoms with van der Waals surface area (Å²) < 4.78 is 0.108. The van der Waals surface area contributed by atoms with Gasteiger partial charge in [-0.25, -0.2) is 0 Å². The molecule has 2 unspecified atom stereocenters. The van der Waals surface area contributed by atoms with Crippen molar-refractivity contribution >= 4 is 22.5 Å². The summed E-state index contributed by atoms with van der Waals surface area (Å²) in [6.45, 7) is 7.29. The lowest BCUT2D eigenvalue weighted by Gasteiger charge is -2.41. The van der Waals surface area contributed by atoms with Crippen LogP contribution in [0.15, 0.2) is 84.9 Å². The molecule has 0 amide bonds. The zero-order valence-corrected chi connectivity index (χ0v) is 19.1. The van der Waals surface area contributed by atoms with Gasteiger partial charge >= 0.3 is 0 Å². The van der Waals surface area contributed by atoms with E-state index in [9.17, 15) is 0 Å². The van der Waals surface area contributed by atoms with E-state index in [1.165, 1.54) is 39.4 Å². The maximum Gasteiger partial charge on any atom is 0.0863 e. The van der Waals surface area contributed by atoms with Crippen LogP contribution in [-0.2, 0) is 21.3 Å². The molecule has 1 heteroatoms. The van der Waals surface area contributed by atoms with Gasteiger partial charge in [-0.15, -0.1) is 11.8 Å². The quantitative estimate of drug-likeness (QED) is 0.266. The number of benzene rings is 4. The molecular weight excluding hydrogens is 392 g/mol. The average Bonchev–Trinajstić information content (AvgIpc) is 3.41. The first-order chi connectivity index (χ1) is 15.0. The van der Waals surface area contributed by atoms with E-state index < -0.39 is 0 Å². The SMILES string of the molecule is CC1Cc2ccc3ccccc3c2C12SC21c2ccccc2C(C)(C)c2ccccc21. The van der Waals surface area contributed by atoms with Crippen molar-refractivity contribution in [3.05, 3.63) is 118 Å². The Morgan fingerprint density at radius 3 is 1.97 bits per heavy atom. The van der Waals surface area contributed by atoms with E-state index in [-0.39, 0.29) is 14.9 Å². The van der Waals surface area contributed by atoms with E-state index >= 15 is 0 Å². The summed E-state index contributed by atoms with van der Waals surface area (Å²) in [6, 6.07) is 32.3. The lowest BCUT2D eigenvalue weighted by molar-refractivity contribution is 0.433. The van der Waals surface area contributed by atoms with Crippen molar-refractivity contribution in [3.8, 4) is 0 Å². The zero-order chi connectivity index (χ0) is 21.0. The first-order valence-corrected chi connectivity index (χ1v) is 12.2. The molecule has 0 N–H and O–H groups in total. The number of hydrogen-bond donors (Lipinski definition) is 0. The third kappa shape index (κ3) is 1.92. The van der Waals surface area contributed by atoms with E-state index in [4.69, 9.17) is 0 Å². The molecule has 3 aliphatic rings. The van der Waals surface area contributed by atoms with Gasteiger partial charge in [-0.3, -0.25) is 0 Å². The van der Waals surface area contributed by atoms with Gasteiger partial charge in [0.15, 0.2) is 0 Å². The normalized spacial score (nSPS) is 26.0. The molecule has 0 bridgehead atoms. The fourth-order valence-electron chi connectivity index (χ4n) is 7.01. The Morgan fingerprint density at radius 1 is 0.710 bits per heavy atom. The molecule has 1 fully saturated rings. The first-order valence-electron chi connectivity index (χ1n) is 11.4. The molecule has 1 saturated heterocycles. The Labute approximate surface area is 188 Å². The molecule has 4 aromatic rings. The average molecular weight is 419 g/mol. The van der Waals surface area contributed by atoms with Crippen molar-refractivity contribution in [1.29, 1.82) is 0 Å². The second-order valence-corrected chi connectivity index (χ2v) is 11.6. The topological polar surface area (TPSA) is 0 Å². The van der Waals surface area contributed by atoms with Crippen molar-refractivity contribution in [2.24, 2.45) is 5.92 Å². The summed E-state index contributed by atoms with van der Waals surface area (Å²) >= 11 is 2.22. The molecule has 2 spiro atoms. The van der Waals surface area contributed by atoms with E-state index in [0.29, 0.717) is 5.92 Å². The second kappa shape index (κ2) is 5.64. The lowest BCUT2D eigenvalue weighted by Crippen LogP contribution is -2.37. The van der Waals surface area contributed by atoms with Gasteiger partial charge in [-0.05, 0) is 56.5 Å². The highest BCUT2D eigenvalue weighted by molar-refractivity contribution is 8.08. The fraction of sp³-hybridized carbons (Fsp3) is 0.267. The standard InChI is InChI=1S/C30H26S/c1-19-18-21-17-16-20-10-4-5-11-22(20)27(21)29(19)30(31-29)25-14-8-6-12-23(25)28(2,3)24-13-7-9-15-26(24)30/h4-17,19H,18H2,1-3H3.